The molecule has 0 saturated heterocycles. The molecule has 46 heavy (non-hydrogen) atoms. The molecule has 1 spiro atoms. The van der Waals surface area contributed by atoms with E-state index in [2.05, 4.69) is 0 Å². The first-order chi connectivity index (χ1) is 21.2. The van der Waals surface area contributed by atoms with Crippen LogP contribution in [0.5, 0.6) is 0 Å². The minimum atomic E-state index is -7.24. The zero-order valence-corrected chi connectivity index (χ0v) is 24.4. The van der Waals surface area contributed by atoms with Crippen molar-refractivity contribution in [3.05, 3.63) is 95.6 Å². The molecule has 2 aliphatic heterocycles. The molecule has 16 heteroatoms. The van der Waals surface area contributed by atoms with Crippen LogP contribution in [0.1, 0.15) is 48.5 Å². The second-order valence-electron chi connectivity index (χ2n) is 11.2. The summed E-state index contributed by atoms with van der Waals surface area (Å²) in [6.45, 7) is 1.61. The van der Waals surface area contributed by atoms with E-state index < -0.39 is 88.4 Å². The summed E-state index contributed by atoms with van der Waals surface area (Å²) >= 11 is 0. The predicted octanol–water partition coefficient (Wildman–Crippen LogP) is 9.01. The van der Waals surface area contributed by atoms with Gasteiger partial charge >= 0.3 is 254 Å². The van der Waals surface area contributed by atoms with E-state index in [9.17, 15) is 5.11 Å². The van der Waals surface area contributed by atoms with E-state index in [4.69, 9.17) is 9.05 Å². The standard InChI is InChI=1S/C30H25F12O3P/c1-2-3-15-21(43)24(18-11-5-4-6-12-18)46(22-16-9-7-13-19(22)25(44-46,27(31,32)33)28(34,35)36)23-17-10-8-14-20(23)26(45-46,29(37,38)39)30(40,41)42/h4-14,16-17,21,24,43H,2-3,15H2,1H3/t21-,24-/m0/s1. The molecule has 0 unspecified atom stereocenters. The molecule has 0 aromatic heterocycles. The van der Waals surface area contributed by atoms with Gasteiger partial charge in [0.25, 0.3) is 0 Å². The van der Waals surface area contributed by atoms with Crippen molar-refractivity contribution < 1.29 is 66.8 Å². The third-order valence-electron chi connectivity index (χ3n) is 8.58. The van der Waals surface area contributed by atoms with Gasteiger partial charge in [0.2, 0.25) is 0 Å². The van der Waals surface area contributed by atoms with Crippen LogP contribution in [0.2, 0.25) is 0 Å². The van der Waals surface area contributed by atoms with Gasteiger partial charge in [0.05, 0.1) is 0 Å². The molecular formula is C30H25F12O3P. The summed E-state index contributed by atoms with van der Waals surface area (Å²) in [5, 5.41) is 9.13. The van der Waals surface area contributed by atoms with E-state index in [0.717, 1.165) is 36.4 Å². The molecular weight excluding hydrogens is 667 g/mol. The van der Waals surface area contributed by atoms with Gasteiger partial charge in [-0.2, -0.15) is 0 Å². The van der Waals surface area contributed by atoms with E-state index >= 15 is 52.7 Å². The summed E-state index contributed by atoms with van der Waals surface area (Å²) < 4.78 is 192. The molecule has 0 fully saturated rings. The maximum atomic E-state index is 15.1. The molecule has 0 bridgehead atoms. The Morgan fingerprint density at radius 2 is 0.978 bits per heavy atom. The van der Waals surface area contributed by atoms with Crippen LogP contribution in [0.4, 0.5) is 52.7 Å². The molecule has 5 rings (SSSR count). The number of hydrogen-bond acceptors (Lipinski definition) is 3. The fraction of sp³-hybridized carbons (Fsp3) is 0.400. The van der Waals surface area contributed by atoms with E-state index in [-0.39, 0.29) is 12.8 Å². The average molecular weight is 692 g/mol. The first-order valence-corrected chi connectivity index (χ1v) is 15.9. The van der Waals surface area contributed by atoms with Gasteiger partial charge in [-0.15, -0.1) is 0 Å². The van der Waals surface area contributed by atoms with Crippen molar-refractivity contribution in [2.24, 2.45) is 0 Å². The van der Waals surface area contributed by atoms with Crippen LogP contribution in [0, 0.1) is 0 Å². The molecule has 0 amide bonds. The Kier molecular flexibility index (Phi) is 7.92. The molecule has 2 heterocycles. The summed E-state index contributed by atoms with van der Waals surface area (Å²) in [4.78, 5) is 0. The number of aliphatic hydroxyl groups excluding tert-OH is 1. The summed E-state index contributed by atoms with van der Waals surface area (Å²) in [6, 6.07) is 10.8. The van der Waals surface area contributed by atoms with Gasteiger partial charge in [0, 0.05) is 0 Å². The zero-order chi connectivity index (χ0) is 34.2. The molecule has 2 aliphatic rings. The molecule has 1 N–H and O–H groups in total. The molecule has 0 saturated carbocycles. The topological polar surface area (TPSA) is 38.7 Å². The summed E-state index contributed by atoms with van der Waals surface area (Å²) in [7, 11) is -7.24. The number of aliphatic hydroxyl groups is 1. The Hall–Kier alpha value is -2.87. The molecule has 3 aromatic carbocycles. The molecule has 3 aromatic rings. The van der Waals surface area contributed by atoms with E-state index in [0.29, 0.717) is 24.3 Å². The van der Waals surface area contributed by atoms with Gasteiger partial charge in [0.1, 0.15) is 0 Å². The van der Waals surface area contributed by atoms with Crippen LogP contribution < -0.4 is 10.6 Å². The number of halogens is 12. The van der Waals surface area contributed by atoms with Crippen LogP contribution in [0.15, 0.2) is 78.9 Å². The maximum absolute atomic E-state index is 15.1. The summed E-state index contributed by atoms with van der Waals surface area (Å²) in [5.74, 6) is 0. The first-order valence-electron chi connectivity index (χ1n) is 13.8. The number of rotatable bonds is 6. The Labute approximate surface area is 254 Å². The second kappa shape index (κ2) is 10.6. The predicted molar refractivity (Wildman–Crippen MR) is 144 cm³/mol. The van der Waals surface area contributed by atoms with Crippen molar-refractivity contribution in [3.8, 4) is 0 Å². The van der Waals surface area contributed by atoms with Crippen LogP contribution in [-0.2, 0) is 20.2 Å². The monoisotopic (exact) mass is 692 g/mol. The van der Waals surface area contributed by atoms with E-state index in [1.807, 2.05) is 0 Å². The second-order valence-corrected chi connectivity index (χ2v) is 15.1. The molecule has 2 atom stereocenters. The number of benzene rings is 3. The number of hydrogen-bond donors (Lipinski definition) is 1. The van der Waals surface area contributed by atoms with Gasteiger partial charge in [-0.1, -0.05) is 0 Å². The Bertz CT molecular complexity index is 1480. The normalized spacial score (nSPS) is 22.0. The number of unbranched alkanes of at least 4 members (excludes halogenated alkanes) is 1. The molecule has 0 aliphatic carbocycles. The van der Waals surface area contributed by atoms with Gasteiger partial charge in [-0.05, 0) is 0 Å². The van der Waals surface area contributed by atoms with Crippen molar-refractivity contribution in [2.75, 3.05) is 0 Å². The van der Waals surface area contributed by atoms with Gasteiger partial charge in [-0.25, -0.2) is 0 Å². The van der Waals surface area contributed by atoms with E-state index in [1.165, 1.54) is 18.2 Å². The number of fused-ring (bicyclic) bond motifs is 4. The van der Waals surface area contributed by atoms with Crippen molar-refractivity contribution in [2.45, 2.75) is 73.9 Å². The SMILES string of the molecule is CCCC[C@H](O)[C@H](c1ccccc1)P12(OC(C(F)(F)F)(C(F)(F)F)c3ccccc31)OC(C(F)(F)F)(C(F)(F)F)c1ccccc12. The van der Waals surface area contributed by atoms with Gasteiger partial charge in [-0.3, -0.25) is 0 Å². The third-order valence-corrected chi connectivity index (χ3v) is 14.1. The fourth-order valence-corrected chi connectivity index (χ4v) is 13.7. The summed E-state index contributed by atoms with van der Waals surface area (Å²) in [6.07, 6.45) is -28.3. The van der Waals surface area contributed by atoms with E-state index in [1.54, 1.807) is 6.92 Å². The third kappa shape index (κ3) is 4.23. The van der Waals surface area contributed by atoms with Crippen molar-refractivity contribution in [1.29, 1.82) is 0 Å². The first kappa shape index (κ1) is 34.5. The Morgan fingerprint density at radius 3 is 1.35 bits per heavy atom. The van der Waals surface area contributed by atoms with Crippen LogP contribution in [0.25, 0.3) is 0 Å². The quantitative estimate of drug-likeness (QED) is 0.207. The average Bonchev–Trinajstić information content (AvgIpc) is 3.41. The minimum absolute atomic E-state index is 0.0354. The van der Waals surface area contributed by atoms with Crippen LogP contribution >= 0.6 is 7.06 Å². The van der Waals surface area contributed by atoms with Gasteiger partial charge < -0.3 is 0 Å². The van der Waals surface area contributed by atoms with Crippen molar-refractivity contribution >= 4 is 17.7 Å². The van der Waals surface area contributed by atoms with Gasteiger partial charge in [0.15, 0.2) is 0 Å². The van der Waals surface area contributed by atoms with Crippen LogP contribution in [0.3, 0.4) is 0 Å². The molecule has 252 valence electrons. The van der Waals surface area contributed by atoms with Crippen molar-refractivity contribution in [3.63, 3.8) is 0 Å². The fourth-order valence-electron chi connectivity index (χ4n) is 6.85. The Balaban J connectivity index is 2.13. The van der Waals surface area contributed by atoms with Crippen LogP contribution in [-0.4, -0.2) is 35.9 Å². The van der Waals surface area contributed by atoms with Crippen molar-refractivity contribution in [1.82, 2.24) is 0 Å². The number of alkyl halides is 12. The zero-order valence-electron chi connectivity index (χ0n) is 23.5. The Morgan fingerprint density at radius 1 is 0.609 bits per heavy atom. The molecule has 3 nitrogen and oxygen atoms in total. The molecule has 0 radical (unpaired) electrons. The summed E-state index contributed by atoms with van der Waals surface area (Å²) in [5.41, 5.74) is -17.3.